The fourth-order valence-corrected chi connectivity index (χ4v) is 2.28. The zero-order valence-corrected chi connectivity index (χ0v) is 11.9. The molecule has 3 aromatic rings. The van der Waals surface area contributed by atoms with Crippen molar-refractivity contribution in [2.45, 2.75) is 13.5 Å². The number of halogens is 1. The van der Waals surface area contributed by atoms with Crippen LogP contribution in [-0.4, -0.2) is 15.8 Å². The maximum Gasteiger partial charge on any atom is 0.230 e. The normalized spacial score (nSPS) is 11.5. The highest BCUT2D eigenvalue weighted by Gasteiger charge is 2.06. The smallest absolute Gasteiger partial charge is 0.230 e. The first kappa shape index (κ1) is 12.9. The Bertz CT molecular complexity index is 757. The molecule has 0 amide bonds. The van der Waals surface area contributed by atoms with Crippen molar-refractivity contribution < 1.29 is 0 Å². The summed E-state index contributed by atoms with van der Waals surface area (Å²) in [5.41, 5.74) is 3.08. The Labute approximate surface area is 122 Å². The summed E-state index contributed by atoms with van der Waals surface area (Å²) >= 11 is 5.87. The van der Waals surface area contributed by atoms with E-state index in [9.17, 15) is 0 Å². The summed E-state index contributed by atoms with van der Waals surface area (Å²) in [7, 11) is 0. The summed E-state index contributed by atoms with van der Waals surface area (Å²) in [6.07, 6.45) is 1.81. The molecule has 0 saturated carbocycles. The van der Waals surface area contributed by atoms with Gasteiger partial charge in [0.2, 0.25) is 5.95 Å². The number of aryl methyl sites for hydroxylation is 1. The van der Waals surface area contributed by atoms with Gasteiger partial charge in [-0.3, -0.25) is 0 Å². The first-order valence-corrected chi connectivity index (χ1v) is 6.90. The van der Waals surface area contributed by atoms with E-state index in [-0.39, 0.29) is 0 Å². The van der Waals surface area contributed by atoms with Gasteiger partial charge in [0.05, 0.1) is 11.0 Å². The fraction of sp³-hybridized carbons (Fsp3) is 0.125. The lowest BCUT2D eigenvalue weighted by molar-refractivity contribution is 0.790. The van der Waals surface area contributed by atoms with Crippen molar-refractivity contribution in [1.82, 2.24) is 9.55 Å². The topological polar surface area (TPSA) is 30.2 Å². The molecule has 0 saturated heterocycles. The molecule has 0 bridgehead atoms. The predicted octanol–water partition coefficient (Wildman–Crippen LogP) is 4.46. The SMILES string of the molecule is CCn1c(/N=C/c2ccc(Cl)cc2)nc2ccccc21. The van der Waals surface area contributed by atoms with Crippen molar-refractivity contribution in [3.8, 4) is 0 Å². The van der Waals surface area contributed by atoms with Gasteiger partial charge in [-0.25, -0.2) is 9.98 Å². The maximum absolute atomic E-state index is 5.87. The van der Waals surface area contributed by atoms with Crippen LogP contribution in [0.1, 0.15) is 12.5 Å². The van der Waals surface area contributed by atoms with E-state index < -0.39 is 0 Å². The Morgan fingerprint density at radius 2 is 1.90 bits per heavy atom. The molecule has 0 aliphatic rings. The molecule has 0 unspecified atom stereocenters. The van der Waals surface area contributed by atoms with Crippen LogP contribution >= 0.6 is 11.6 Å². The van der Waals surface area contributed by atoms with Gasteiger partial charge in [0.1, 0.15) is 0 Å². The minimum absolute atomic E-state index is 0.725. The quantitative estimate of drug-likeness (QED) is 0.653. The summed E-state index contributed by atoms with van der Waals surface area (Å²) in [5.74, 6) is 0.726. The van der Waals surface area contributed by atoms with E-state index in [1.165, 1.54) is 0 Å². The number of fused-ring (bicyclic) bond motifs is 1. The molecule has 0 radical (unpaired) electrons. The van der Waals surface area contributed by atoms with Gasteiger partial charge >= 0.3 is 0 Å². The van der Waals surface area contributed by atoms with Crippen molar-refractivity contribution in [3.63, 3.8) is 0 Å². The molecule has 4 heteroatoms. The third-order valence-corrected chi connectivity index (χ3v) is 3.40. The molecule has 0 fully saturated rings. The standard InChI is InChI=1S/C16H14ClN3/c1-2-20-15-6-4-3-5-14(15)19-16(20)18-11-12-7-9-13(17)10-8-12/h3-11H,2H2,1H3/b18-11+. The van der Waals surface area contributed by atoms with Crippen LogP contribution < -0.4 is 0 Å². The number of benzene rings is 2. The molecule has 0 aliphatic heterocycles. The number of aliphatic imine (C=N–C) groups is 1. The van der Waals surface area contributed by atoms with Crippen molar-refractivity contribution >= 4 is 34.8 Å². The molecule has 20 heavy (non-hydrogen) atoms. The zero-order valence-electron chi connectivity index (χ0n) is 11.1. The Morgan fingerprint density at radius 1 is 1.15 bits per heavy atom. The highest BCUT2D eigenvalue weighted by Crippen LogP contribution is 2.21. The van der Waals surface area contributed by atoms with Gasteiger partial charge in [0, 0.05) is 17.8 Å². The van der Waals surface area contributed by atoms with E-state index >= 15 is 0 Å². The van der Waals surface area contributed by atoms with Crippen LogP contribution in [0.4, 0.5) is 5.95 Å². The summed E-state index contributed by atoms with van der Waals surface area (Å²) in [4.78, 5) is 9.05. The van der Waals surface area contributed by atoms with Crippen LogP contribution in [0.25, 0.3) is 11.0 Å². The van der Waals surface area contributed by atoms with E-state index in [4.69, 9.17) is 11.6 Å². The number of hydrogen-bond donors (Lipinski definition) is 0. The summed E-state index contributed by atoms with van der Waals surface area (Å²) < 4.78 is 2.10. The molecule has 3 nitrogen and oxygen atoms in total. The highest BCUT2D eigenvalue weighted by atomic mass is 35.5. The lowest BCUT2D eigenvalue weighted by atomic mass is 10.2. The van der Waals surface area contributed by atoms with Crippen LogP contribution in [-0.2, 0) is 6.54 Å². The number of rotatable bonds is 3. The average molecular weight is 284 g/mol. The third kappa shape index (κ3) is 2.45. The van der Waals surface area contributed by atoms with E-state index in [0.717, 1.165) is 34.1 Å². The third-order valence-electron chi connectivity index (χ3n) is 3.15. The zero-order chi connectivity index (χ0) is 13.9. The van der Waals surface area contributed by atoms with Gasteiger partial charge in [0.15, 0.2) is 0 Å². The number of para-hydroxylation sites is 2. The number of hydrogen-bond acceptors (Lipinski definition) is 2. The van der Waals surface area contributed by atoms with Crippen molar-refractivity contribution in [2.75, 3.05) is 0 Å². The lowest BCUT2D eigenvalue weighted by Crippen LogP contribution is -1.93. The van der Waals surface area contributed by atoms with Crippen LogP contribution in [0.5, 0.6) is 0 Å². The minimum Gasteiger partial charge on any atom is -0.309 e. The second kappa shape index (κ2) is 5.47. The summed E-state index contributed by atoms with van der Waals surface area (Å²) in [5, 5.41) is 0.725. The van der Waals surface area contributed by atoms with E-state index in [2.05, 4.69) is 27.5 Å². The van der Waals surface area contributed by atoms with Gasteiger partial charge in [0.25, 0.3) is 0 Å². The number of imidazole rings is 1. The minimum atomic E-state index is 0.725. The molecule has 0 spiro atoms. The first-order chi connectivity index (χ1) is 9.78. The van der Waals surface area contributed by atoms with Gasteiger partial charge in [-0.05, 0) is 36.8 Å². The molecule has 1 aromatic heterocycles. The second-order valence-corrected chi connectivity index (χ2v) is 4.89. The molecule has 0 N–H and O–H groups in total. The van der Waals surface area contributed by atoms with Gasteiger partial charge < -0.3 is 4.57 Å². The number of nitrogens with zero attached hydrogens (tertiary/aromatic N) is 3. The van der Waals surface area contributed by atoms with Gasteiger partial charge in [-0.1, -0.05) is 35.9 Å². The van der Waals surface area contributed by atoms with Crippen LogP contribution in [0.3, 0.4) is 0 Å². The lowest BCUT2D eigenvalue weighted by Gasteiger charge is -2.01. The number of aromatic nitrogens is 2. The first-order valence-electron chi connectivity index (χ1n) is 6.53. The van der Waals surface area contributed by atoms with Gasteiger partial charge in [-0.15, -0.1) is 0 Å². The molecule has 0 aliphatic carbocycles. The second-order valence-electron chi connectivity index (χ2n) is 4.45. The molecular weight excluding hydrogens is 270 g/mol. The highest BCUT2D eigenvalue weighted by molar-refractivity contribution is 6.30. The molecular formula is C16H14ClN3. The van der Waals surface area contributed by atoms with Crippen LogP contribution in [0.15, 0.2) is 53.5 Å². The Kier molecular flexibility index (Phi) is 3.52. The molecule has 2 aromatic carbocycles. The van der Waals surface area contributed by atoms with Gasteiger partial charge in [-0.2, -0.15) is 0 Å². The monoisotopic (exact) mass is 283 g/mol. The predicted molar refractivity (Wildman–Crippen MR) is 84.1 cm³/mol. The average Bonchev–Trinajstić information content (AvgIpc) is 2.84. The van der Waals surface area contributed by atoms with E-state index in [1.807, 2.05) is 48.7 Å². The van der Waals surface area contributed by atoms with Crippen LogP contribution in [0, 0.1) is 0 Å². The Morgan fingerprint density at radius 3 is 2.65 bits per heavy atom. The summed E-state index contributed by atoms with van der Waals surface area (Å²) in [6.45, 7) is 2.93. The van der Waals surface area contributed by atoms with Crippen LogP contribution in [0.2, 0.25) is 5.02 Å². The van der Waals surface area contributed by atoms with Crippen molar-refractivity contribution in [1.29, 1.82) is 0 Å². The molecule has 100 valence electrons. The molecule has 0 atom stereocenters. The molecule has 3 rings (SSSR count). The molecule has 1 heterocycles. The Hall–Kier alpha value is -2.13. The van der Waals surface area contributed by atoms with Crippen molar-refractivity contribution in [2.24, 2.45) is 4.99 Å². The largest absolute Gasteiger partial charge is 0.309 e. The summed E-state index contributed by atoms with van der Waals surface area (Å²) in [6, 6.07) is 15.6. The van der Waals surface area contributed by atoms with E-state index in [0.29, 0.717) is 0 Å². The van der Waals surface area contributed by atoms with Crippen molar-refractivity contribution in [3.05, 3.63) is 59.1 Å². The fourth-order valence-electron chi connectivity index (χ4n) is 2.15. The Balaban J connectivity index is 1.99. The van der Waals surface area contributed by atoms with E-state index in [1.54, 1.807) is 0 Å². The maximum atomic E-state index is 5.87.